The van der Waals surface area contributed by atoms with Crippen LogP contribution in [0.4, 0.5) is 0 Å². The van der Waals surface area contributed by atoms with E-state index in [2.05, 4.69) is 16.6 Å². The fraction of sp³-hybridized carbons (Fsp3) is 0.407. The van der Waals surface area contributed by atoms with Gasteiger partial charge in [-0.2, -0.15) is 0 Å². The van der Waals surface area contributed by atoms with Gasteiger partial charge in [0.2, 0.25) is 10.0 Å². The van der Waals surface area contributed by atoms with E-state index in [0.29, 0.717) is 30.9 Å². The van der Waals surface area contributed by atoms with E-state index < -0.39 is 10.0 Å². The van der Waals surface area contributed by atoms with Crippen LogP contribution < -0.4 is 25.2 Å². The Kier molecular flexibility index (Phi) is 8.54. The number of rotatable bonds is 9. The molecule has 4 rings (SSSR count). The van der Waals surface area contributed by atoms with Crippen molar-refractivity contribution in [3.05, 3.63) is 70.1 Å². The van der Waals surface area contributed by atoms with Crippen molar-refractivity contribution in [2.45, 2.75) is 50.0 Å². The van der Waals surface area contributed by atoms with Crippen LogP contribution in [0.3, 0.4) is 0 Å². The van der Waals surface area contributed by atoms with Crippen molar-refractivity contribution in [2.24, 2.45) is 11.7 Å². The highest BCUT2D eigenvalue weighted by Crippen LogP contribution is 2.37. The summed E-state index contributed by atoms with van der Waals surface area (Å²) in [5.41, 5.74) is 9.02. The Morgan fingerprint density at radius 1 is 1.19 bits per heavy atom. The molecule has 0 bridgehead atoms. The normalized spacial score (nSPS) is 20.2. The predicted octanol–water partition coefficient (Wildman–Crippen LogP) is 4.74. The zero-order valence-electron chi connectivity index (χ0n) is 20.9. The summed E-state index contributed by atoms with van der Waals surface area (Å²) >= 11 is 1.58. The summed E-state index contributed by atoms with van der Waals surface area (Å²) in [5, 5.41) is 4.43. The zero-order chi connectivity index (χ0) is 25.7. The highest BCUT2D eigenvalue weighted by Gasteiger charge is 2.26. The van der Waals surface area contributed by atoms with Crippen molar-refractivity contribution in [2.75, 3.05) is 20.3 Å². The number of hydrogen-bond donors (Lipinski definition) is 3. The van der Waals surface area contributed by atoms with Gasteiger partial charge in [0.05, 0.1) is 24.4 Å². The molecule has 0 unspecified atom stereocenters. The summed E-state index contributed by atoms with van der Waals surface area (Å²) in [7, 11) is -2.15. The summed E-state index contributed by atoms with van der Waals surface area (Å²) in [4.78, 5) is 1.25. The lowest BCUT2D eigenvalue weighted by Gasteiger charge is -2.30. The lowest BCUT2D eigenvalue weighted by Crippen LogP contribution is -2.36. The first-order valence-corrected chi connectivity index (χ1v) is 14.5. The molecule has 2 aromatic carbocycles. The van der Waals surface area contributed by atoms with Crippen LogP contribution in [-0.2, 0) is 10.0 Å². The molecule has 0 atom stereocenters. The van der Waals surface area contributed by atoms with E-state index in [4.69, 9.17) is 15.2 Å². The smallest absolute Gasteiger partial charge is 0.244 e. The number of hydrogen-bond acceptors (Lipinski definition) is 7. The lowest BCUT2D eigenvalue weighted by molar-refractivity contribution is 0.306. The molecule has 2 aliphatic rings. The predicted molar refractivity (Wildman–Crippen MR) is 146 cm³/mol. The molecular formula is C27H35N3O4S2. The molecule has 1 saturated carbocycles. The molecule has 0 saturated heterocycles. The molecule has 0 amide bonds. The molecule has 1 fully saturated rings. The molecule has 9 heteroatoms. The number of nitrogens with one attached hydrogen (secondary N) is 2. The second-order valence-corrected chi connectivity index (χ2v) is 12.3. The Morgan fingerprint density at radius 2 is 1.94 bits per heavy atom. The van der Waals surface area contributed by atoms with Crippen LogP contribution in [0.25, 0.3) is 5.70 Å². The molecular weight excluding hydrogens is 494 g/mol. The van der Waals surface area contributed by atoms with Crippen LogP contribution in [0.5, 0.6) is 11.5 Å². The number of ether oxygens (including phenoxy) is 2. The molecule has 0 spiro atoms. The van der Waals surface area contributed by atoms with Gasteiger partial charge in [0.15, 0.2) is 0 Å². The van der Waals surface area contributed by atoms with Gasteiger partial charge >= 0.3 is 0 Å². The third-order valence-corrected chi connectivity index (χ3v) is 9.17. The molecule has 0 radical (unpaired) electrons. The van der Waals surface area contributed by atoms with Crippen LogP contribution in [0, 0.1) is 12.8 Å². The summed E-state index contributed by atoms with van der Waals surface area (Å²) in [6.07, 6.45) is 4.54. The second-order valence-electron chi connectivity index (χ2n) is 9.32. The number of thioether (sulfide) groups is 1. The third-order valence-electron chi connectivity index (χ3n) is 6.69. The highest BCUT2D eigenvalue weighted by atomic mass is 32.2. The topological polar surface area (TPSA) is 103 Å². The average molecular weight is 530 g/mol. The minimum absolute atomic E-state index is 0.189. The highest BCUT2D eigenvalue weighted by molar-refractivity contribution is 8.06. The van der Waals surface area contributed by atoms with E-state index >= 15 is 0 Å². The van der Waals surface area contributed by atoms with Crippen molar-refractivity contribution in [3.8, 4) is 11.5 Å². The molecule has 194 valence electrons. The second kappa shape index (κ2) is 11.6. The van der Waals surface area contributed by atoms with E-state index in [0.717, 1.165) is 64.6 Å². The minimum Gasteiger partial charge on any atom is -0.495 e. The van der Waals surface area contributed by atoms with Gasteiger partial charge in [-0.05, 0) is 68.4 Å². The van der Waals surface area contributed by atoms with Crippen LogP contribution in [-0.4, -0.2) is 34.7 Å². The van der Waals surface area contributed by atoms with Crippen molar-refractivity contribution < 1.29 is 17.9 Å². The van der Waals surface area contributed by atoms with E-state index in [1.807, 2.05) is 37.3 Å². The largest absolute Gasteiger partial charge is 0.495 e. The molecule has 1 aliphatic carbocycles. The summed E-state index contributed by atoms with van der Waals surface area (Å²) in [6, 6.07) is 13.3. The van der Waals surface area contributed by atoms with E-state index in [1.165, 1.54) is 7.11 Å². The van der Waals surface area contributed by atoms with E-state index in [1.54, 1.807) is 23.9 Å². The molecule has 7 nitrogen and oxygen atoms in total. The van der Waals surface area contributed by atoms with Crippen LogP contribution in [0.15, 0.2) is 63.9 Å². The maximum Gasteiger partial charge on any atom is 0.244 e. The third kappa shape index (κ3) is 6.38. The minimum atomic E-state index is -3.64. The fourth-order valence-corrected chi connectivity index (χ4v) is 6.97. The lowest BCUT2D eigenvalue weighted by atomic mass is 9.86. The summed E-state index contributed by atoms with van der Waals surface area (Å²) < 4.78 is 39.7. The Morgan fingerprint density at radius 3 is 2.69 bits per heavy atom. The number of sulfonamides is 1. The van der Waals surface area contributed by atoms with Crippen molar-refractivity contribution in [1.82, 2.24) is 10.0 Å². The Balaban J connectivity index is 1.27. The molecule has 1 aliphatic heterocycles. The fourth-order valence-electron chi connectivity index (χ4n) is 4.68. The SMILES string of the molecule is C=C(NC1CCC(CNS(=O)(=O)c2cc(C)ccc2OC)CC1)SC1=C(N)c2ccccc2OCC1. The molecule has 0 aromatic heterocycles. The van der Waals surface area contributed by atoms with Crippen molar-refractivity contribution in [3.63, 3.8) is 0 Å². The van der Waals surface area contributed by atoms with Crippen LogP contribution >= 0.6 is 11.8 Å². The maximum absolute atomic E-state index is 12.9. The molecule has 2 aromatic rings. The standard InChI is InChI=1S/C27H35N3O4S2/c1-18-8-13-24(33-3)26(16-18)36(31,32)29-17-20-9-11-21(12-10-20)30-19(2)35-25-14-15-34-23-7-5-4-6-22(23)27(25)28/h4-8,13,16,20-21,29-30H,2,9-12,14-15,17,28H2,1,3H3. The molecule has 4 N–H and O–H groups in total. The summed E-state index contributed by atoms with van der Waals surface area (Å²) in [6.45, 7) is 7.10. The quantitative estimate of drug-likeness (QED) is 0.431. The van der Waals surface area contributed by atoms with E-state index in [9.17, 15) is 8.42 Å². The van der Waals surface area contributed by atoms with Gasteiger partial charge in [0, 0.05) is 29.5 Å². The maximum atomic E-state index is 12.9. The van der Waals surface area contributed by atoms with Crippen molar-refractivity contribution in [1.29, 1.82) is 0 Å². The number of methoxy groups -OCH3 is 1. The monoisotopic (exact) mass is 529 g/mol. The van der Waals surface area contributed by atoms with Gasteiger partial charge in [-0.3, -0.25) is 0 Å². The summed E-state index contributed by atoms with van der Waals surface area (Å²) in [5.74, 6) is 1.47. The number of benzene rings is 2. The number of fused-ring (bicyclic) bond motifs is 1. The van der Waals surface area contributed by atoms with Gasteiger partial charge in [-0.15, -0.1) is 0 Å². The van der Waals surface area contributed by atoms with Crippen LogP contribution in [0.1, 0.15) is 43.2 Å². The molecule has 1 heterocycles. The molecule has 36 heavy (non-hydrogen) atoms. The number of para-hydroxylation sites is 1. The Hall–Kier alpha value is -2.62. The van der Waals surface area contributed by atoms with Gasteiger partial charge in [-0.1, -0.05) is 36.5 Å². The Labute approximate surface area is 218 Å². The number of nitrogens with two attached hydrogens (primary N) is 1. The average Bonchev–Trinajstić information content (AvgIpc) is 3.02. The van der Waals surface area contributed by atoms with Gasteiger partial charge in [0.1, 0.15) is 16.4 Å². The van der Waals surface area contributed by atoms with Gasteiger partial charge < -0.3 is 20.5 Å². The first-order valence-electron chi connectivity index (χ1n) is 12.2. The number of aryl methyl sites for hydroxylation is 1. The van der Waals surface area contributed by atoms with Crippen LogP contribution in [0.2, 0.25) is 0 Å². The van der Waals surface area contributed by atoms with E-state index in [-0.39, 0.29) is 4.90 Å². The first-order chi connectivity index (χ1) is 17.3. The zero-order valence-corrected chi connectivity index (χ0v) is 22.5. The van der Waals surface area contributed by atoms with Crippen molar-refractivity contribution >= 4 is 27.5 Å². The first kappa shape index (κ1) is 26.4. The van der Waals surface area contributed by atoms with Gasteiger partial charge in [0.25, 0.3) is 0 Å². The Bertz CT molecular complexity index is 1240. The van der Waals surface area contributed by atoms with Gasteiger partial charge in [-0.25, -0.2) is 13.1 Å².